The molecule has 4 bridgehead atoms. The lowest BCUT2D eigenvalue weighted by Crippen LogP contribution is -2.18. The van der Waals surface area contributed by atoms with Crippen LogP contribution in [0.2, 0.25) is 5.02 Å². The molecule has 166 valence electrons. The first-order valence-corrected chi connectivity index (χ1v) is 10.9. The normalized spacial score (nSPS) is 15.3. The number of carbonyl (C=O) groups is 1. The molecule has 11 heteroatoms. The van der Waals surface area contributed by atoms with E-state index in [0.29, 0.717) is 12.1 Å². The molecule has 0 fully saturated rings. The zero-order chi connectivity index (χ0) is 23.0. The number of benzene rings is 3. The molecule has 0 unspecified atom stereocenters. The van der Waals surface area contributed by atoms with Gasteiger partial charge in [-0.3, -0.25) is 4.72 Å². The number of sulfonamides is 1. The first-order chi connectivity index (χ1) is 15.2. The van der Waals surface area contributed by atoms with Crippen molar-refractivity contribution in [1.82, 2.24) is 0 Å². The highest BCUT2D eigenvalue weighted by Crippen LogP contribution is 2.36. The van der Waals surface area contributed by atoms with Crippen molar-refractivity contribution < 1.29 is 35.9 Å². The van der Waals surface area contributed by atoms with E-state index in [1.165, 1.54) is 12.1 Å². The molecule has 3 aromatic carbocycles. The maximum absolute atomic E-state index is 14.6. The topological polar surface area (TPSA) is 81.7 Å². The summed E-state index contributed by atoms with van der Waals surface area (Å²) in [7, 11) is -4.78. The van der Waals surface area contributed by atoms with Gasteiger partial charge in [-0.1, -0.05) is 29.8 Å². The van der Waals surface area contributed by atoms with Gasteiger partial charge in [0.25, 0.3) is 10.0 Å². The molecular weight excluding hydrogens is 471 g/mol. The summed E-state index contributed by atoms with van der Waals surface area (Å²) in [6, 6.07) is 9.22. The molecule has 1 N–H and O–H groups in total. The fourth-order valence-corrected chi connectivity index (χ4v) is 4.55. The maximum Gasteiger partial charge on any atom is 0.338 e. The molecular formula is C21H13ClF3NO5S. The van der Waals surface area contributed by atoms with E-state index >= 15 is 0 Å². The molecule has 0 spiro atoms. The molecule has 0 radical (unpaired) electrons. The quantitative estimate of drug-likeness (QED) is 0.466. The van der Waals surface area contributed by atoms with E-state index in [2.05, 4.69) is 0 Å². The Kier molecular flexibility index (Phi) is 5.74. The number of fused-ring (bicyclic) bond motifs is 6. The molecule has 0 saturated heterocycles. The predicted molar refractivity (Wildman–Crippen MR) is 110 cm³/mol. The Morgan fingerprint density at radius 3 is 2.41 bits per heavy atom. The zero-order valence-corrected chi connectivity index (χ0v) is 17.6. The van der Waals surface area contributed by atoms with Gasteiger partial charge in [-0.2, -0.15) is 0 Å². The van der Waals surface area contributed by atoms with Crippen molar-refractivity contribution >= 4 is 33.3 Å². The Hall–Kier alpha value is -3.24. The average molecular weight is 484 g/mol. The van der Waals surface area contributed by atoms with Crippen molar-refractivity contribution in [3.05, 3.63) is 76.6 Å². The molecule has 32 heavy (non-hydrogen) atoms. The third kappa shape index (κ3) is 4.11. The van der Waals surface area contributed by atoms with Gasteiger partial charge in [0.2, 0.25) is 0 Å². The number of hydrogen-bond donors (Lipinski definition) is 1. The fourth-order valence-electron chi connectivity index (χ4n) is 3.09. The number of hydrogen-bond acceptors (Lipinski definition) is 5. The Labute approximate surface area is 185 Å². The molecule has 0 aliphatic carbocycles. The number of cyclic esters (lactones) is 1. The highest BCUT2D eigenvalue weighted by atomic mass is 35.5. The van der Waals surface area contributed by atoms with E-state index in [-0.39, 0.29) is 35.7 Å². The van der Waals surface area contributed by atoms with Gasteiger partial charge in [0.05, 0.1) is 16.3 Å². The van der Waals surface area contributed by atoms with Gasteiger partial charge in [0, 0.05) is 17.2 Å². The first kappa shape index (κ1) is 22.0. The summed E-state index contributed by atoms with van der Waals surface area (Å²) in [5, 5.41) is -0.659. The monoisotopic (exact) mass is 483 g/mol. The van der Waals surface area contributed by atoms with Crippen LogP contribution in [0.5, 0.6) is 5.75 Å². The van der Waals surface area contributed by atoms with Crippen LogP contribution < -0.4 is 9.46 Å². The Morgan fingerprint density at radius 2 is 1.62 bits per heavy atom. The highest BCUT2D eigenvalue weighted by Gasteiger charge is 2.27. The summed E-state index contributed by atoms with van der Waals surface area (Å²) in [4.78, 5) is 11.3. The van der Waals surface area contributed by atoms with Gasteiger partial charge in [-0.15, -0.1) is 0 Å². The van der Waals surface area contributed by atoms with Crippen LogP contribution in [0, 0.1) is 17.5 Å². The van der Waals surface area contributed by atoms with E-state index in [0.717, 1.165) is 12.1 Å². The van der Waals surface area contributed by atoms with Crippen LogP contribution >= 0.6 is 11.6 Å². The smallest absolute Gasteiger partial charge is 0.338 e. The molecule has 4 rings (SSSR count). The van der Waals surface area contributed by atoms with Crippen LogP contribution in [-0.2, 0) is 14.8 Å². The van der Waals surface area contributed by atoms with E-state index in [1.807, 2.05) is 4.72 Å². The summed E-state index contributed by atoms with van der Waals surface area (Å²) in [5.74, 6) is -4.36. The number of ether oxygens (including phenoxy) is 2. The van der Waals surface area contributed by atoms with Gasteiger partial charge < -0.3 is 9.47 Å². The first-order valence-electron chi connectivity index (χ1n) is 9.07. The molecule has 1 aliphatic rings. The molecule has 0 amide bonds. The number of nitrogens with one attached hydrogen (secondary N) is 1. The minimum atomic E-state index is -4.78. The summed E-state index contributed by atoms with van der Waals surface area (Å²) in [6.45, 7) is -0.379. The SMILES string of the molecule is O=C1OCCOc2ccccc2-c2cc(c(F)cc2F)NS(=O)(=O)c2cc1cc(Cl)c2F. The second-order valence-electron chi connectivity index (χ2n) is 6.67. The molecule has 1 heterocycles. The predicted octanol–water partition coefficient (Wildman–Crippen LogP) is 4.77. The molecule has 3 aromatic rings. The van der Waals surface area contributed by atoms with Crippen LogP contribution in [0.1, 0.15) is 10.4 Å². The summed E-state index contributed by atoms with van der Waals surface area (Å²) < 4.78 is 81.7. The third-order valence-electron chi connectivity index (χ3n) is 4.57. The molecule has 1 aliphatic heterocycles. The second kappa shape index (κ2) is 8.36. The Balaban J connectivity index is 1.93. The lowest BCUT2D eigenvalue weighted by Gasteiger charge is -2.14. The van der Waals surface area contributed by atoms with Crippen LogP contribution in [-0.4, -0.2) is 27.6 Å². The van der Waals surface area contributed by atoms with Crippen LogP contribution in [0.25, 0.3) is 11.1 Å². The maximum atomic E-state index is 14.6. The van der Waals surface area contributed by atoms with Gasteiger partial charge in [-0.25, -0.2) is 26.4 Å². The van der Waals surface area contributed by atoms with Crippen LogP contribution in [0.4, 0.5) is 18.9 Å². The van der Waals surface area contributed by atoms with Crippen molar-refractivity contribution in [2.75, 3.05) is 17.9 Å². The standard InChI is InChI=1S/C21H13ClF3NO5S/c22-14-7-11-8-19(20(14)25)32(28,29)26-17-9-13(15(23)10-16(17)24)12-3-1-2-4-18(12)30-5-6-31-21(11)27/h1-4,7-10,26H,5-6H2. The fraction of sp³-hybridized carbons (Fsp3) is 0.0952. The number of halogens is 4. The van der Waals surface area contributed by atoms with Crippen molar-refractivity contribution in [2.24, 2.45) is 0 Å². The van der Waals surface area contributed by atoms with E-state index in [4.69, 9.17) is 21.1 Å². The minimum Gasteiger partial charge on any atom is -0.489 e. The highest BCUT2D eigenvalue weighted by molar-refractivity contribution is 7.92. The molecule has 6 nitrogen and oxygen atoms in total. The van der Waals surface area contributed by atoms with E-state index in [1.54, 1.807) is 12.1 Å². The van der Waals surface area contributed by atoms with Gasteiger partial charge in [0.15, 0.2) is 5.82 Å². The van der Waals surface area contributed by atoms with E-state index in [9.17, 15) is 26.4 Å². The van der Waals surface area contributed by atoms with E-state index < -0.39 is 49.0 Å². The minimum absolute atomic E-state index is 0.128. The van der Waals surface area contributed by atoms with Crippen molar-refractivity contribution in [3.63, 3.8) is 0 Å². The number of carbonyl (C=O) groups excluding carboxylic acids is 1. The van der Waals surface area contributed by atoms with Gasteiger partial charge in [0.1, 0.15) is 35.5 Å². The number of rotatable bonds is 0. The van der Waals surface area contributed by atoms with Crippen LogP contribution in [0.15, 0.2) is 53.4 Å². The summed E-state index contributed by atoms with van der Waals surface area (Å²) in [5.41, 5.74) is -0.956. The van der Waals surface area contributed by atoms with Crippen molar-refractivity contribution in [1.29, 1.82) is 0 Å². The lowest BCUT2D eigenvalue weighted by atomic mass is 10.0. The number of esters is 1. The van der Waals surface area contributed by atoms with Crippen molar-refractivity contribution in [2.45, 2.75) is 4.90 Å². The average Bonchev–Trinajstić information content (AvgIpc) is 2.74. The largest absolute Gasteiger partial charge is 0.489 e. The second-order valence-corrected chi connectivity index (χ2v) is 8.73. The van der Waals surface area contributed by atoms with Gasteiger partial charge >= 0.3 is 5.97 Å². The molecule has 0 saturated carbocycles. The Bertz CT molecular complexity index is 1350. The molecule has 0 aromatic heterocycles. The van der Waals surface area contributed by atoms with Gasteiger partial charge in [-0.05, 0) is 24.3 Å². The number of para-hydroxylation sites is 1. The summed E-state index contributed by atoms with van der Waals surface area (Å²) in [6.07, 6.45) is 0. The van der Waals surface area contributed by atoms with Crippen molar-refractivity contribution in [3.8, 4) is 16.9 Å². The number of anilines is 1. The molecule has 0 atom stereocenters. The lowest BCUT2D eigenvalue weighted by molar-refractivity contribution is 0.0450. The third-order valence-corrected chi connectivity index (χ3v) is 6.21. The summed E-state index contributed by atoms with van der Waals surface area (Å²) >= 11 is 5.76. The van der Waals surface area contributed by atoms with Crippen LogP contribution in [0.3, 0.4) is 0 Å². The Morgan fingerprint density at radius 1 is 0.906 bits per heavy atom. The zero-order valence-electron chi connectivity index (χ0n) is 16.0.